The molecule has 20 heavy (non-hydrogen) atoms. The fourth-order valence-electron chi connectivity index (χ4n) is 3.01. The smallest absolute Gasteiger partial charge is 0.305 e. The number of rotatable bonds is 5. The number of nitrogens with one attached hydrogen (secondary N) is 1. The van der Waals surface area contributed by atoms with Gasteiger partial charge in [0, 0.05) is 19.6 Å². The summed E-state index contributed by atoms with van der Waals surface area (Å²) in [4.78, 5) is 23.2. The molecular weight excluding hydrogens is 258 g/mol. The number of carboxylic acids is 1. The molecule has 0 unspecified atom stereocenters. The van der Waals surface area contributed by atoms with E-state index in [1.54, 1.807) is 0 Å². The minimum Gasteiger partial charge on any atom is -0.481 e. The Morgan fingerprint density at radius 1 is 1.30 bits per heavy atom. The van der Waals surface area contributed by atoms with Crippen molar-refractivity contribution >= 4 is 11.9 Å². The predicted molar refractivity (Wildman–Crippen MR) is 74.3 cm³/mol. The van der Waals surface area contributed by atoms with Gasteiger partial charge in [0.2, 0.25) is 5.91 Å². The molecule has 0 aromatic carbocycles. The van der Waals surface area contributed by atoms with Crippen LogP contribution in [0.2, 0.25) is 0 Å². The Bertz CT molecular complexity index is 397. The average molecular weight is 281 g/mol. The molecule has 0 radical (unpaired) electrons. The van der Waals surface area contributed by atoms with Crippen LogP contribution in [0.3, 0.4) is 0 Å². The summed E-state index contributed by atoms with van der Waals surface area (Å²) in [6.07, 6.45) is 8.06. The standard InChI is InChI=1S/C15H23NO4/c17-13(10-12-4-2-1-3-5-12)16-15(11-14(18)19)6-8-20-9-7-15/h4H,1-3,5-11H2,(H,16,17)(H,18,19). The molecule has 5 nitrogen and oxygen atoms in total. The maximum atomic E-state index is 12.2. The molecule has 1 saturated heterocycles. The molecule has 1 amide bonds. The molecule has 1 aliphatic heterocycles. The Labute approximate surface area is 119 Å². The Kier molecular flexibility index (Phi) is 5.17. The number of aliphatic carboxylic acids is 1. The van der Waals surface area contributed by atoms with Gasteiger partial charge < -0.3 is 15.2 Å². The highest BCUT2D eigenvalue weighted by Gasteiger charge is 2.36. The van der Waals surface area contributed by atoms with Crippen molar-refractivity contribution in [3.05, 3.63) is 11.6 Å². The molecule has 0 bridgehead atoms. The van der Waals surface area contributed by atoms with Crippen molar-refractivity contribution in [1.82, 2.24) is 5.32 Å². The molecule has 2 rings (SSSR count). The van der Waals surface area contributed by atoms with E-state index < -0.39 is 11.5 Å². The molecule has 0 aromatic rings. The minimum absolute atomic E-state index is 0.0266. The van der Waals surface area contributed by atoms with Gasteiger partial charge in [0.1, 0.15) is 0 Å². The number of carbonyl (C=O) groups is 2. The quantitative estimate of drug-likeness (QED) is 0.756. The van der Waals surface area contributed by atoms with Gasteiger partial charge in [0.05, 0.1) is 12.0 Å². The first-order chi connectivity index (χ1) is 9.60. The average Bonchev–Trinajstić information content (AvgIpc) is 2.39. The van der Waals surface area contributed by atoms with Crippen molar-refractivity contribution in [1.29, 1.82) is 0 Å². The number of carbonyl (C=O) groups excluding carboxylic acids is 1. The number of allylic oxidation sites excluding steroid dienone is 1. The molecule has 5 heteroatoms. The second-order valence-electron chi connectivity index (χ2n) is 5.80. The highest BCUT2D eigenvalue weighted by Crippen LogP contribution is 2.26. The van der Waals surface area contributed by atoms with Crippen molar-refractivity contribution in [3.8, 4) is 0 Å². The van der Waals surface area contributed by atoms with E-state index in [0.29, 0.717) is 32.5 Å². The Hall–Kier alpha value is -1.36. The summed E-state index contributed by atoms with van der Waals surface area (Å²) in [5.41, 5.74) is 0.558. The lowest BCUT2D eigenvalue weighted by Gasteiger charge is -2.37. The van der Waals surface area contributed by atoms with Crippen LogP contribution in [0.15, 0.2) is 11.6 Å². The maximum Gasteiger partial charge on any atom is 0.305 e. The van der Waals surface area contributed by atoms with Crippen LogP contribution in [0.4, 0.5) is 0 Å². The largest absolute Gasteiger partial charge is 0.481 e. The summed E-state index contributed by atoms with van der Waals surface area (Å²) in [5.74, 6) is -0.926. The number of amides is 1. The Morgan fingerprint density at radius 2 is 2.05 bits per heavy atom. The van der Waals surface area contributed by atoms with Crippen molar-refractivity contribution in [2.75, 3.05) is 13.2 Å². The van der Waals surface area contributed by atoms with Gasteiger partial charge in [0.25, 0.3) is 0 Å². The molecule has 0 saturated carbocycles. The SMILES string of the molecule is O=C(O)CC1(NC(=O)CC2=CCCCC2)CCOCC1. The number of hydrogen-bond acceptors (Lipinski definition) is 3. The van der Waals surface area contributed by atoms with Gasteiger partial charge >= 0.3 is 5.97 Å². The first kappa shape index (κ1) is 15.0. The zero-order chi connectivity index (χ0) is 14.4. The molecule has 0 spiro atoms. The van der Waals surface area contributed by atoms with E-state index >= 15 is 0 Å². The molecule has 112 valence electrons. The molecule has 0 atom stereocenters. The van der Waals surface area contributed by atoms with Crippen LogP contribution in [0, 0.1) is 0 Å². The third kappa shape index (κ3) is 4.34. The lowest BCUT2D eigenvalue weighted by Crippen LogP contribution is -2.53. The molecule has 2 N–H and O–H groups in total. The minimum atomic E-state index is -0.871. The Balaban J connectivity index is 1.94. The topological polar surface area (TPSA) is 75.6 Å². The fourth-order valence-corrected chi connectivity index (χ4v) is 3.01. The van der Waals surface area contributed by atoms with Crippen molar-refractivity contribution in [2.45, 2.75) is 56.9 Å². The summed E-state index contributed by atoms with van der Waals surface area (Å²) in [6, 6.07) is 0. The summed E-state index contributed by atoms with van der Waals surface area (Å²) < 4.78 is 5.28. The molecule has 0 aromatic heterocycles. The van der Waals surface area contributed by atoms with E-state index in [4.69, 9.17) is 9.84 Å². The monoisotopic (exact) mass is 281 g/mol. The van der Waals surface area contributed by atoms with E-state index in [-0.39, 0.29) is 12.3 Å². The number of ether oxygens (including phenoxy) is 1. The van der Waals surface area contributed by atoms with Gasteiger partial charge in [-0.15, -0.1) is 0 Å². The lowest BCUT2D eigenvalue weighted by atomic mass is 9.86. The van der Waals surface area contributed by atoms with Gasteiger partial charge in [-0.1, -0.05) is 11.6 Å². The van der Waals surface area contributed by atoms with Gasteiger partial charge in [-0.05, 0) is 38.5 Å². The van der Waals surface area contributed by atoms with Crippen molar-refractivity contribution < 1.29 is 19.4 Å². The normalized spacial score (nSPS) is 21.9. The van der Waals surface area contributed by atoms with Gasteiger partial charge in [0.15, 0.2) is 0 Å². The predicted octanol–water partition coefficient (Wildman–Crippen LogP) is 2.02. The molecule has 1 aliphatic carbocycles. The summed E-state index contributed by atoms with van der Waals surface area (Å²) in [7, 11) is 0. The highest BCUT2D eigenvalue weighted by molar-refractivity contribution is 5.80. The molecule has 1 heterocycles. The van der Waals surface area contributed by atoms with Gasteiger partial charge in [-0.3, -0.25) is 9.59 Å². The van der Waals surface area contributed by atoms with Crippen LogP contribution in [0.25, 0.3) is 0 Å². The number of carboxylic acid groups (broad SMARTS) is 1. The first-order valence-electron chi connectivity index (χ1n) is 7.38. The van der Waals surface area contributed by atoms with Gasteiger partial charge in [-0.2, -0.15) is 0 Å². The second-order valence-corrected chi connectivity index (χ2v) is 5.80. The highest BCUT2D eigenvalue weighted by atomic mass is 16.5. The number of hydrogen-bond donors (Lipinski definition) is 2. The van der Waals surface area contributed by atoms with Crippen LogP contribution in [-0.2, 0) is 14.3 Å². The third-order valence-electron chi connectivity index (χ3n) is 4.12. The zero-order valence-corrected chi connectivity index (χ0v) is 11.8. The third-order valence-corrected chi connectivity index (χ3v) is 4.12. The van der Waals surface area contributed by atoms with Crippen LogP contribution in [0.5, 0.6) is 0 Å². The molecular formula is C15H23NO4. The van der Waals surface area contributed by atoms with Crippen LogP contribution in [-0.4, -0.2) is 35.7 Å². The van der Waals surface area contributed by atoms with E-state index in [1.165, 1.54) is 12.0 Å². The van der Waals surface area contributed by atoms with E-state index in [0.717, 1.165) is 19.3 Å². The van der Waals surface area contributed by atoms with Crippen molar-refractivity contribution in [3.63, 3.8) is 0 Å². The van der Waals surface area contributed by atoms with Crippen LogP contribution < -0.4 is 5.32 Å². The lowest BCUT2D eigenvalue weighted by molar-refractivity contribution is -0.140. The van der Waals surface area contributed by atoms with Crippen LogP contribution >= 0.6 is 0 Å². The molecule has 1 fully saturated rings. The molecule has 2 aliphatic rings. The fraction of sp³-hybridized carbons (Fsp3) is 0.733. The zero-order valence-electron chi connectivity index (χ0n) is 11.8. The summed E-state index contributed by atoms with van der Waals surface area (Å²) >= 11 is 0. The van der Waals surface area contributed by atoms with E-state index in [2.05, 4.69) is 11.4 Å². The van der Waals surface area contributed by atoms with Crippen molar-refractivity contribution in [2.24, 2.45) is 0 Å². The van der Waals surface area contributed by atoms with E-state index in [1.807, 2.05) is 0 Å². The Morgan fingerprint density at radius 3 is 2.65 bits per heavy atom. The first-order valence-corrected chi connectivity index (χ1v) is 7.38. The maximum absolute atomic E-state index is 12.2. The summed E-state index contributed by atoms with van der Waals surface area (Å²) in [6.45, 7) is 1.02. The second kappa shape index (κ2) is 6.88. The summed E-state index contributed by atoms with van der Waals surface area (Å²) in [5, 5.41) is 12.0. The van der Waals surface area contributed by atoms with Crippen LogP contribution in [0.1, 0.15) is 51.4 Å². The van der Waals surface area contributed by atoms with Gasteiger partial charge in [-0.25, -0.2) is 0 Å². The van der Waals surface area contributed by atoms with E-state index in [9.17, 15) is 9.59 Å².